The number of hydrogen-bond donors (Lipinski definition) is 0. The van der Waals surface area contributed by atoms with Gasteiger partial charge < -0.3 is 4.52 Å². The highest BCUT2D eigenvalue weighted by molar-refractivity contribution is 7.48. The number of phosphoric ester groups is 1. The standard InChI is InChI=1S/C8H8Cl3O4P/c1-13-16(12,14-2)15-6-4-3-5(9)7(10)8(6)11/h3-4H,1-2H3. The van der Waals surface area contributed by atoms with Crippen LogP contribution in [0, 0.1) is 0 Å². The number of hydrogen-bond acceptors (Lipinski definition) is 4. The van der Waals surface area contributed by atoms with Crippen LogP contribution in [0.5, 0.6) is 5.75 Å². The predicted molar refractivity (Wildman–Crippen MR) is 63.7 cm³/mol. The van der Waals surface area contributed by atoms with Crippen LogP contribution in [-0.2, 0) is 13.6 Å². The molecular formula is C8H8Cl3O4P. The average Bonchev–Trinajstić information content (AvgIpc) is 2.30. The van der Waals surface area contributed by atoms with E-state index in [0.29, 0.717) is 0 Å². The summed E-state index contributed by atoms with van der Waals surface area (Å²) in [6, 6.07) is 2.88. The van der Waals surface area contributed by atoms with Crippen molar-refractivity contribution >= 4 is 42.6 Å². The first-order valence-electron chi connectivity index (χ1n) is 3.98. The Labute approximate surface area is 108 Å². The van der Waals surface area contributed by atoms with Crippen molar-refractivity contribution in [3.8, 4) is 5.75 Å². The van der Waals surface area contributed by atoms with Crippen LogP contribution < -0.4 is 4.52 Å². The molecule has 4 nitrogen and oxygen atoms in total. The number of rotatable bonds is 4. The van der Waals surface area contributed by atoms with Crippen LogP contribution in [0.2, 0.25) is 15.1 Å². The Bertz CT molecular complexity index is 430. The molecule has 0 fully saturated rings. The molecule has 0 aliphatic rings. The highest BCUT2D eigenvalue weighted by Crippen LogP contribution is 2.50. The Morgan fingerprint density at radius 3 is 2.12 bits per heavy atom. The Morgan fingerprint density at radius 2 is 1.62 bits per heavy atom. The topological polar surface area (TPSA) is 44.8 Å². The monoisotopic (exact) mass is 304 g/mol. The zero-order valence-electron chi connectivity index (χ0n) is 8.37. The number of phosphoric acid groups is 1. The van der Waals surface area contributed by atoms with Crippen LogP contribution in [0.15, 0.2) is 12.1 Å². The molecule has 0 N–H and O–H groups in total. The Kier molecular flexibility index (Phi) is 4.92. The molecule has 0 aromatic heterocycles. The minimum Gasteiger partial charge on any atom is -0.402 e. The van der Waals surface area contributed by atoms with Gasteiger partial charge in [-0.05, 0) is 12.1 Å². The molecule has 0 amide bonds. The molecule has 0 bridgehead atoms. The Balaban J connectivity index is 3.08. The maximum Gasteiger partial charge on any atom is 0.529 e. The molecule has 0 saturated heterocycles. The van der Waals surface area contributed by atoms with Gasteiger partial charge in [0.25, 0.3) is 0 Å². The molecule has 1 rings (SSSR count). The minimum atomic E-state index is -3.65. The van der Waals surface area contributed by atoms with Crippen molar-refractivity contribution in [1.29, 1.82) is 0 Å². The van der Waals surface area contributed by atoms with Gasteiger partial charge in [-0.25, -0.2) is 4.57 Å². The summed E-state index contributed by atoms with van der Waals surface area (Å²) in [6.45, 7) is 0. The summed E-state index contributed by atoms with van der Waals surface area (Å²) < 4.78 is 25.9. The van der Waals surface area contributed by atoms with Crippen LogP contribution >= 0.6 is 42.6 Å². The fourth-order valence-corrected chi connectivity index (χ4v) is 2.16. The van der Waals surface area contributed by atoms with Crippen molar-refractivity contribution in [2.24, 2.45) is 0 Å². The predicted octanol–water partition coefficient (Wildman–Crippen LogP) is 4.43. The first-order valence-corrected chi connectivity index (χ1v) is 6.57. The van der Waals surface area contributed by atoms with Gasteiger partial charge in [0.1, 0.15) is 5.02 Å². The fraction of sp³-hybridized carbons (Fsp3) is 0.250. The molecule has 8 heteroatoms. The molecule has 16 heavy (non-hydrogen) atoms. The maximum atomic E-state index is 11.7. The Morgan fingerprint density at radius 1 is 1.06 bits per heavy atom. The molecule has 0 radical (unpaired) electrons. The summed E-state index contributed by atoms with van der Waals surface area (Å²) >= 11 is 17.3. The van der Waals surface area contributed by atoms with Crippen molar-refractivity contribution in [2.75, 3.05) is 14.2 Å². The highest BCUT2D eigenvalue weighted by atomic mass is 35.5. The SMILES string of the molecule is COP(=O)(OC)Oc1ccc(Cl)c(Cl)c1Cl. The van der Waals surface area contributed by atoms with Crippen LogP contribution in [0.25, 0.3) is 0 Å². The smallest absolute Gasteiger partial charge is 0.402 e. The largest absolute Gasteiger partial charge is 0.529 e. The lowest BCUT2D eigenvalue weighted by atomic mass is 10.3. The lowest BCUT2D eigenvalue weighted by Crippen LogP contribution is -1.97. The molecule has 1 aromatic carbocycles. The second-order valence-electron chi connectivity index (χ2n) is 2.58. The molecule has 0 heterocycles. The first kappa shape index (κ1) is 14.1. The number of halogens is 3. The van der Waals surface area contributed by atoms with Crippen molar-refractivity contribution in [3.63, 3.8) is 0 Å². The van der Waals surface area contributed by atoms with Gasteiger partial charge in [0, 0.05) is 14.2 Å². The van der Waals surface area contributed by atoms with E-state index in [2.05, 4.69) is 9.05 Å². The summed E-state index contributed by atoms with van der Waals surface area (Å²) in [5.41, 5.74) is 0. The quantitative estimate of drug-likeness (QED) is 0.610. The molecule has 1 aromatic rings. The summed E-state index contributed by atoms with van der Waals surface area (Å²) in [5, 5.41) is 0.423. The van der Waals surface area contributed by atoms with Crippen LogP contribution in [0.4, 0.5) is 0 Å². The summed E-state index contributed by atoms with van der Waals surface area (Å²) in [6.07, 6.45) is 0. The third-order valence-electron chi connectivity index (χ3n) is 1.66. The van der Waals surface area contributed by atoms with Gasteiger partial charge in [-0.2, -0.15) is 0 Å². The molecular weight excluding hydrogens is 297 g/mol. The van der Waals surface area contributed by atoms with Crippen molar-refractivity contribution in [3.05, 3.63) is 27.2 Å². The molecule has 0 spiro atoms. The normalized spacial score (nSPS) is 11.6. The van der Waals surface area contributed by atoms with Gasteiger partial charge >= 0.3 is 7.82 Å². The van der Waals surface area contributed by atoms with Crippen molar-refractivity contribution < 1.29 is 18.1 Å². The van der Waals surface area contributed by atoms with E-state index in [1.165, 1.54) is 26.4 Å². The van der Waals surface area contributed by atoms with E-state index in [0.717, 1.165) is 0 Å². The van der Waals surface area contributed by atoms with E-state index in [9.17, 15) is 4.57 Å². The molecule has 0 saturated carbocycles. The Hall–Kier alpha value is 0.0400. The average molecular weight is 305 g/mol. The van der Waals surface area contributed by atoms with Crippen molar-refractivity contribution in [2.45, 2.75) is 0 Å². The lowest BCUT2D eigenvalue weighted by Gasteiger charge is -2.15. The van der Waals surface area contributed by atoms with E-state index in [1.807, 2.05) is 0 Å². The van der Waals surface area contributed by atoms with Gasteiger partial charge in [0.05, 0.1) is 10.0 Å². The molecule has 0 aliphatic carbocycles. The summed E-state index contributed by atoms with van der Waals surface area (Å²) in [7, 11) is -1.27. The molecule has 0 unspecified atom stereocenters. The van der Waals surface area contributed by atoms with E-state index in [1.54, 1.807) is 0 Å². The van der Waals surface area contributed by atoms with Gasteiger partial charge in [0.2, 0.25) is 0 Å². The summed E-state index contributed by atoms with van der Waals surface area (Å²) in [4.78, 5) is 0. The molecule has 90 valence electrons. The lowest BCUT2D eigenvalue weighted by molar-refractivity contribution is 0.211. The first-order chi connectivity index (χ1) is 7.43. The van der Waals surface area contributed by atoms with E-state index >= 15 is 0 Å². The second-order valence-corrected chi connectivity index (χ2v) is 5.55. The summed E-state index contributed by atoms with van der Waals surface area (Å²) in [5.74, 6) is 0.0723. The maximum absolute atomic E-state index is 11.7. The highest BCUT2D eigenvalue weighted by Gasteiger charge is 2.26. The molecule has 0 aliphatic heterocycles. The zero-order chi connectivity index (χ0) is 12.3. The van der Waals surface area contributed by atoms with Gasteiger partial charge in [-0.15, -0.1) is 0 Å². The van der Waals surface area contributed by atoms with Gasteiger partial charge in [0.15, 0.2) is 5.75 Å². The third-order valence-corrected chi connectivity index (χ3v) is 4.25. The van der Waals surface area contributed by atoms with E-state index < -0.39 is 7.82 Å². The van der Waals surface area contributed by atoms with Gasteiger partial charge in [-0.3, -0.25) is 9.05 Å². The van der Waals surface area contributed by atoms with Crippen LogP contribution in [0.1, 0.15) is 0 Å². The minimum absolute atomic E-state index is 0.0449. The zero-order valence-corrected chi connectivity index (χ0v) is 11.5. The molecule has 0 atom stereocenters. The van der Waals surface area contributed by atoms with Crippen molar-refractivity contribution in [1.82, 2.24) is 0 Å². The fourth-order valence-electron chi connectivity index (χ4n) is 0.848. The second kappa shape index (κ2) is 5.58. The number of benzene rings is 1. The van der Waals surface area contributed by atoms with Crippen LogP contribution in [-0.4, -0.2) is 14.2 Å². The third kappa shape index (κ3) is 3.04. The van der Waals surface area contributed by atoms with Crippen LogP contribution in [0.3, 0.4) is 0 Å². The van der Waals surface area contributed by atoms with E-state index in [-0.39, 0.29) is 20.8 Å². The van der Waals surface area contributed by atoms with Gasteiger partial charge in [-0.1, -0.05) is 34.8 Å². The van der Waals surface area contributed by atoms with E-state index in [4.69, 9.17) is 39.3 Å².